The molecule has 0 aliphatic carbocycles. The van der Waals surface area contributed by atoms with Crippen LogP contribution in [0.2, 0.25) is 0 Å². The van der Waals surface area contributed by atoms with E-state index in [1.807, 2.05) is 66.5 Å². The Bertz CT molecular complexity index is 1760. The standard InChI is InChI=1S/C36H42N8O4/c1-3-28(2)44-35(45)43(27-39-44)31-11-9-29(10-12-31)40-20-22-41(23-21-40)30-13-15-32(16-14-30)46-24-33-25-47-36(48-33,34-8-4-5-17-37-34)26-42-19-7-6-18-38-42/h4-18,27-28,33H,3,19-26H2,1-2H3. The summed E-state index contributed by atoms with van der Waals surface area (Å²) in [6.45, 7) is 9.55. The van der Waals surface area contributed by atoms with Crippen molar-refractivity contribution in [1.29, 1.82) is 0 Å². The van der Waals surface area contributed by atoms with E-state index in [1.165, 1.54) is 5.69 Å². The molecule has 4 aromatic rings. The second-order valence-corrected chi connectivity index (χ2v) is 12.3. The molecule has 12 nitrogen and oxygen atoms in total. The number of hydrogen-bond acceptors (Lipinski definition) is 10. The SMILES string of the molecule is CCC(C)n1ncn(-c2ccc(N3CCN(c4ccc(OCC5COC(CN6CC=CC=N6)(c6ccccn6)O5)cc4)CC3)cc2)c1=O. The molecule has 0 saturated carbocycles. The number of benzene rings is 2. The molecule has 0 bridgehead atoms. The maximum Gasteiger partial charge on any atom is 0.350 e. The fourth-order valence-electron chi connectivity index (χ4n) is 6.26. The number of nitrogens with zero attached hydrogens (tertiary/aromatic N) is 8. The molecule has 0 spiro atoms. The summed E-state index contributed by atoms with van der Waals surface area (Å²) in [5, 5.41) is 10.7. The molecular formula is C36H42N8O4. The molecule has 2 saturated heterocycles. The van der Waals surface area contributed by atoms with Gasteiger partial charge in [-0.05, 0) is 80.1 Å². The van der Waals surface area contributed by atoms with Gasteiger partial charge in [0.05, 0.1) is 31.4 Å². The number of rotatable bonds is 11. The van der Waals surface area contributed by atoms with Crippen LogP contribution >= 0.6 is 0 Å². The fraction of sp³-hybridized carbons (Fsp3) is 0.389. The van der Waals surface area contributed by atoms with Gasteiger partial charge in [0.25, 0.3) is 0 Å². The zero-order valence-corrected chi connectivity index (χ0v) is 27.5. The number of allylic oxidation sites excluding steroid dienone is 1. The lowest BCUT2D eigenvalue weighted by Gasteiger charge is -2.37. The lowest BCUT2D eigenvalue weighted by atomic mass is 10.1. The monoisotopic (exact) mass is 650 g/mol. The molecule has 0 radical (unpaired) electrons. The van der Waals surface area contributed by atoms with E-state index in [9.17, 15) is 4.79 Å². The maximum atomic E-state index is 12.8. The van der Waals surface area contributed by atoms with Crippen LogP contribution in [0.1, 0.15) is 32.0 Å². The Balaban J connectivity index is 0.909. The second kappa shape index (κ2) is 14.0. The predicted octanol–water partition coefficient (Wildman–Crippen LogP) is 4.23. The van der Waals surface area contributed by atoms with Gasteiger partial charge in [0.2, 0.25) is 5.79 Å². The molecule has 48 heavy (non-hydrogen) atoms. The number of hydrazone groups is 1. The van der Waals surface area contributed by atoms with Crippen LogP contribution in [-0.2, 0) is 15.3 Å². The van der Waals surface area contributed by atoms with Crippen LogP contribution < -0.4 is 20.2 Å². The van der Waals surface area contributed by atoms with Gasteiger partial charge in [-0.2, -0.15) is 10.2 Å². The molecule has 0 N–H and O–H groups in total. The van der Waals surface area contributed by atoms with Gasteiger partial charge < -0.3 is 24.0 Å². The minimum Gasteiger partial charge on any atom is -0.491 e. The summed E-state index contributed by atoms with van der Waals surface area (Å²) < 4.78 is 22.1. The first kappa shape index (κ1) is 31.6. The molecule has 3 atom stereocenters. The second-order valence-electron chi connectivity index (χ2n) is 12.3. The summed E-state index contributed by atoms with van der Waals surface area (Å²) in [6.07, 6.45) is 9.71. The zero-order chi connectivity index (χ0) is 32.9. The average molecular weight is 651 g/mol. The molecule has 250 valence electrons. The number of hydrogen-bond donors (Lipinski definition) is 0. The molecule has 2 aromatic heterocycles. The highest BCUT2D eigenvalue weighted by Crippen LogP contribution is 2.35. The van der Waals surface area contributed by atoms with Crippen molar-refractivity contribution in [2.24, 2.45) is 5.10 Å². The lowest BCUT2D eigenvalue weighted by Crippen LogP contribution is -2.46. The number of anilines is 2. The van der Waals surface area contributed by atoms with Crippen LogP contribution in [-0.4, -0.2) is 89.1 Å². The third-order valence-corrected chi connectivity index (χ3v) is 9.19. The Morgan fingerprint density at radius 2 is 1.67 bits per heavy atom. The Hall–Kier alpha value is -4.94. The molecule has 2 fully saturated rings. The average Bonchev–Trinajstić information content (AvgIpc) is 3.75. The van der Waals surface area contributed by atoms with Crippen LogP contribution in [0.4, 0.5) is 11.4 Å². The number of aromatic nitrogens is 4. The summed E-state index contributed by atoms with van der Waals surface area (Å²) in [4.78, 5) is 22.1. The van der Waals surface area contributed by atoms with Crippen molar-refractivity contribution in [3.8, 4) is 11.4 Å². The molecule has 2 aromatic carbocycles. The minimum atomic E-state index is -1.01. The number of ether oxygens (including phenoxy) is 3. The first-order valence-electron chi connectivity index (χ1n) is 16.7. The number of piperazine rings is 1. The van der Waals surface area contributed by atoms with E-state index in [0.717, 1.165) is 55.4 Å². The first-order chi connectivity index (χ1) is 23.5. The Morgan fingerprint density at radius 3 is 2.31 bits per heavy atom. The van der Waals surface area contributed by atoms with Crippen molar-refractivity contribution in [3.63, 3.8) is 0 Å². The fourth-order valence-corrected chi connectivity index (χ4v) is 6.26. The Labute approximate surface area is 280 Å². The molecular weight excluding hydrogens is 608 g/mol. The van der Waals surface area contributed by atoms with E-state index < -0.39 is 5.79 Å². The van der Waals surface area contributed by atoms with Gasteiger partial charge in [-0.25, -0.2) is 14.0 Å². The van der Waals surface area contributed by atoms with Gasteiger partial charge in [0.1, 0.15) is 30.5 Å². The van der Waals surface area contributed by atoms with Crippen molar-refractivity contribution in [3.05, 3.63) is 108 Å². The predicted molar refractivity (Wildman–Crippen MR) is 185 cm³/mol. The lowest BCUT2D eigenvalue weighted by molar-refractivity contribution is -0.193. The van der Waals surface area contributed by atoms with Gasteiger partial charge in [-0.15, -0.1) is 0 Å². The van der Waals surface area contributed by atoms with E-state index in [4.69, 9.17) is 14.2 Å². The highest BCUT2D eigenvalue weighted by atomic mass is 16.8. The molecule has 5 heterocycles. The van der Waals surface area contributed by atoms with E-state index in [0.29, 0.717) is 26.3 Å². The highest BCUT2D eigenvalue weighted by Gasteiger charge is 2.46. The molecule has 7 rings (SSSR count). The third kappa shape index (κ3) is 6.71. The Kier molecular flexibility index (Phi) is 9.26. The molecule has 12 heteroatoms. The van der Waals surface area contributed by atoms with Gasteiger partial charge in [0.15, 0.2) is 0 Å². The largest absolute Gasteiger partial charge is 0.491 e. The zero-order valence-electron chi connectivity index (χ0n) is 27.5. The van der Waals surface area contributed by atoms with Crippen molar-refractivity contribution < 1.29 is 14.2 Å². The van der Waals surface area contributed by atoms with Crippen LogP contribution in [0.15, 0.2) is 101 Å². The van der Waals surface area contributed by atoms with Crippen LogP contribution in [0.5, 0.6) is 5.75 Å². The van der Waals surface area contributed by atoms with Crippen molar-refractivity contribution >= 4 is 17.6 Å². The summed E-state index contributed by atoms with van der Waals surface area (Å²) in [5.41, 5.74) is 3.75. The van der Waals surface area contributed by atoms with E-state index in [1.54, 1.807) is 28.0 Å². The minimum absolute atomic E-state index is 0.0718. The van der Waals surface area contributed by atoms with Crippen molar-refractivity contribution in [2.45, 2.75) is 38.2 Å². The van der Waals surface area contributed by atoms with Crippen LogP contribution in [0, 0.1) is 0 Å². The van der Waals surface area contributed by atoms with Crippen molar-refractivity contribution in [1.82, 2.24) is 24.3 Å². The van der Waals surface area contributed by atoms with E-state index in [-0.39, 0.29) is 17.8 Å². The maximum absolute atomic E-state index is 12.8. The normalized spacial score (nSPS) is 21.5. The van der Waals surface area contributed by atoms with Gasteiger partial charge >= 0.3 is 5.69 Å². The topological polar surface area (TPSA) is 102 Å². The van der Waals surface area contributed by atoms with Gasteiger partial charge in [-0.3, -0.25) is 9.99 Å². The van der Waals surface area contributed by atoms with Gasteiger partial charge in [0, 0.05) is 50.0 Å². The summed E-state index contributed by atoms with van der Waals surface area (Å²) in [6, 6.07) is 22.2. The Morgan fingerprint density at radius 1 is 0.958 bits per heavy atom. The van der Waals surface area contributed by atoms with Crippen LogP contribution in [0.3, 0.4) is 0 Å². The number of pyridine rings is 1. The van der Waals surface area contributed by atoms with Crippen molar-refractivity contribution in [2.75, 3.05) is 62.3 Å². The quantitative estimate of drug-likeness (QED) is 0.236. The van der Waals surface area contributed by atoms with Crippen LogP contribution in [0.25, 0.3) is 5.69 Å². The summed E-state index contributed by atoms with van der Waals surface area (Å²) in [5.74, 6) is -0.223. The third-order valence-electron chi connectivity index (χ3n) is 9.19. The molecule has 3 aliphatic rings. The van der Waals surface area contributed by atoms with Gasteiger partial charge in [-0.1, -0.05) is 19.1 Å². The molecule has 3 aliphatic heterocycles. The summed E-state index contributed by atoms with van der Waals surface area (Å²) in [7, 11) is 0. The summed E-state index contributed by atoms with van der Waals surface area (Å²) >= 11 is 0. The molecule has 3 unspecified atom stereocenters. The van der Waals surface area contributed by atoms with E-state index >= 15 is 0 Å². The highest BCUT2D eigenvalue weighted by molar-refractivity contribution is 5.71. The van der Waals surface area contributed by atoms with E-state index in [2.05, 4.69) is 56.2 Å². The first-order valence-corrected chi connectivity index (χ1v) is 16.7. The smallest absolute Gasteiger partial charge is 0.350 e. The molecule has 0 amide bonds.